The van der Waals surface area contributed by atoms with Gasteiger partial charge in [0.2, 0.25) is 0 Å². The molecular formula is C24H35IN4O2. The highest BCUT2D eigenvalue weighted by molar-refractivity contribution is 14.0. The van der Waals surface area contributed by atoms with Crippen LogP contribution in [0.2, 0.25) is 0 Å². The molecule has 2 rings (SSSR count). The Kier molecular flexibility index (Phi) is 12.0. The molecule has 0 aliphatic rings. The van der Waals surface area contributed by atoms with Crippen molar-refractivity contribution in [1.82, 2.24) is 15.5 Å². The van der Waals surface area contributed by atoms with Gasteiger partial charge in [-0.3, -0.25) is 4.79 Å². The third-order valence-electron chi connectivity index (χ3n) is 4.51. The van der Waals surface area contributed by atoms with Crippen molar-refractivity contribution in [3.05, 3.63) is 64.7 Å². The molecule has 2 aromatic rings. The monoisotopic (exact) mass is 538 g/mol. The molecule has 7 heteroatoms. The van der Waals surface area contributed by atoms with Crippen LogP contribution in [0.3, 0.4) is 0 Å². The molecule has 31 heavy (non-hydrogen) atoms. The van der Waals surface area contributed by atoms with E-state index in [0.717, 1.165) is 31.0 Å². The predicted molar refractivity (Wildman–Crippen MR) is 138 cm³/mol. The van der Waals surface area contributed by atoms with Gasteiger partial charge >= 0.3 is 0 Å². The summed E-state index contributed by atoms with van der Waals surface area (Å²) in [6.07, 6.45) is 0.941. The fourth-order valence-corrected chi connectivity index (χ4v) is 3.06. The van der Waals surface area contributed by atoms with Gasteiger partial charge in [-0.1, -0.05) is 41.5 Å². The van der Waals surface area contributed by atoms with Crippen molar-refractivity contribution >= 4 is 35.8 Å². The molecule has 6 nitrogen and oxygen atoms in total. The van der Waals surface area contributed by atoms with E-state index in [4.69, 9.17) is 4.74 Å². The fraction of sp³-hybridized carbons (Fsp3) is 0.417. The Balaban J connectivity index is 0.00000480. The Morgan fingerprint density at radius 1 is 1.03 bits per heavy atom. The summed E-state index contributed by atoms with van der Waals surface area (Å²) in [6.45, 7) is 8.47. The minimum atomic E-state index is -0.0686. The topological polar surface area (TPSA) is 66.0 Å². The number of guanidine groups is 1. The number of nitrogens with one attached hydrogen (secondary N) is 2. The van der Waals surface area contributed by atoms with Crippen LogP contribution in [0.4, 0.5) is 0 Å². The van der Waals surface area contributed by atoms with Crippen LogP contribution in [0.1, 0.15) is 29.2 Å². The summed E-state index contributed by atoms with van der Waals surface area (Å²) in [5, 5.41) is 6.69. The van der Waals surface area contributed by atoms with E-state index in [1.807, 2.05) is 24.3 Å². The molecule has 0 saturated carbocycles. The first kappa shape index (κ1) is 26.7. The summed E-state index contributed by atoms with van der Waals surface area (Å²) in [5.74, 6) is 1.39. The fourth-order valence-electron chi connectivity index (χ4n) is 3.06. The van der Waals surface area contributed by atoms with Gasteiger partial charge in [0, 0.05) is 27.2 Å². The van der Waals surface area contributed by atoms with Crippen molar-refractivity contribution in [1.29, 1.82) is 0 Å². The van der Waals surface area contributed by atoms with E-state index in [0.29, 0.717) is 12.3 Å². The highest BCUT2D eigenvalue weighted by Crippen LogP contribution is 2.14. The van der Waals surface area contributed by atoms with Gasteiger partial charge in [0.15, 0.2) is 12.6 Å². The molecule has 0 saturated heterocycles. The molecule has 0 bridgehead atoms. The van der Waals surface area contributed by atoms with Gasteiger partial charge in [-0.05, 0) is 50.5 Å². The Morgan fingerprint density at radius 2 is 1.74 bits per heavy atom. The zero-order chi connectivity index (χ0) is 21.9. The maximum atomic E-state index is 11.7. The summed E-state index contributed by atoms with van der Waals surface area (Å²) in [4.78, 5) is 17.9. The molecule has 2 N–H and O–H groups in total. The second kappa shape index (κ2) is 13.9. The number of carbonyl (C=O) groups is 1. The van der Waals surface area contributed by atoms with E-state index in [-0.39, 0.29) is 36.5 Å². The lowest BCUT2D eigenvalue weighted by Crippen LogP contribution is -2.38. The number of hydrogen-bond donors (Lipinski definition) is 2. The van der Waals surface area contributed by atoms with E-state index in [9.17, 15) is 4.79 Å². The summed E-state index contributed by atoms with van der Waals surface area (Å²) in [6, 6.07) is 14.3. The number of amides is 1. The van der Waals surface area contributed by atoms with Crippen LogP contribution >= 0.6 is 24.0 Å². The van der Waals surface area contributed by atoms with Gasteiger partial charge in [0.05, 0.1) is 6.54 Å². The third-order valence-corrected chi connectivity index (χ3v) is 4.51. The zero-order valence-electron chi connectivity index (χ0n) is 19.2. The minimum Gasteiger partial charge on any atom is -0.484 e. The predicted octanol–water partition coefficient (Wildman–Crippen LogP) is 3.69. The summed E-state index contributed by atoms with van der Waals surface area (Å²) in [5.41, 5.74) is 4.93. The van der Waals surface area contributed by atoms with E-state index in [1.54, 1.807) is 14.1 Å². The average molecular weight is 538 g/mol. The minimum absolute atomic E-state index is 0. The van der Waals surface area contributed by atoms with Gasteiger partial charge in [0.1, 0.15) is 5.75 Å². The molecule has 0 aliphatic carbocycles. The number of carbonyl (C=O) groups excluding carboxylic acids is 1. The molecule has 0 atom stereocenters. The number of halogens is 1. The maximum absolute atomic E-state index is 11.7. The number of aliphatic imine (C=N–C) groups is 1. The molecule has 1 amide bonds. The Bertz CT molecular complexity index is 848. The standard InChI is InChI=1S/C24H34N4O2.HI/c1-6-25-24(26-11-10-20-13-18(2)12-19(3)14-20)27-16-21-8-7-9-22(15-21)30-17-23(29)28(4)5;/h7-9,12-15H,6,10-11,16-17H2,1-5H3,(H2,25,26,27);1H. The van der Waals surface area contributed by atoms with E-state index in [1.165, 1.54) is 21.6 Å². The first-order valence-corrected chi connectivity index (χ1v) is 10.4. The van der Waals surface area contributed by atoms with Crippen LogP contribution in [-0.2, 0) is 17.8 Å². The van der Waals surface area contributed by atoms with Gasteiger partial charge < -0.3 is 20.3 Å². The Labute approximate surface area is 203 Å². The Morgan fingerprint density at radius 3 is 2.39 bits per heavy atom. The zero-order valence-corrected chi connectivity index (χ0v) is 21.5. The van der Waals surface area contributed by atoms with Crippen LogP contribution in [0.5, 0.6) is 5.75 Å². The first-order valence-electron chi connectivity index (χ1n) is 10.4. The number of ether oxygens (including phenoxy) is 1. The summed E-state index contributed by atoms with van der Waals surface area (Å²) in [7, 11) is 3.43. The lowest BCUT2D eigenvalue weighted by molar-refractivity contribution is -0.130. The number of likely N-dealkylation sites (N-methyl/N-ethyl adjacent to an activating group) is 1. The number of benzene rings is 2. The van der Waals surface area contributed by atoms with E-state index < -0.39 is 0 Å². The van der Waals surface area contributed by atoms with Crippen molar-refractivity contribution in [3.8, 4) is 5.75 Å². The molecule has 2 aromatic carbocycles. The molecule has 0 aromatic heterocycles. The second-order valence-electron chi connectivity index (χ2n) is 7.59. The Hall–Kier alpha value is -2.29. The first-order chi connectivity index (χ1) is 14.4. The van der Waals surface area contributed by atoms with Crippen molar-refractivity contribution in [2.24, 2.45) is 4.99 Å². The molecule has 0 unspecified atom stereocenters. The van der Waals surface area contributed by atoms with Crippen molar-refractivity contribution in [2.75, 3.05) is 33.8 Å². The maximum Gasteiger partial charge on any atom is 0.259 e. The van der Waals surface area contributed by atoms with Crippen molar-refractivity contribution in [3.63, 3.8) is 0 Å². The van der Waals surface area contributed by atoms with Gasteiger partial charge in [0.25, 0.3) is 5.91 Å². The van der Waals surface area contributed by atoms with Gasteiger partial charge in [-0.25, -0.2) is 4.99 Å². The van der Waals surface area contributed by atoms with E-state index in [2.05, 4.69) is 54.6 Å². The smallest absolute Gasteiger partial charge is 0.259 e. The summed E-state index contributed by atoms with van der Waals surface area (Å²) < 4.78 is 5.59. The van der Waals surface area contributed by atoms with Gasteiger partial charge in [-0.15, -0.1) is 24.0 Å². The highest BCUT2D eigenvalue weighted by atomic mass is 127. The third kappa shape index (κ3) is 10.0. The molecule has 170 valence electrons. The van der Waals surface area contributed by atoms with Crippen LogP contribution in [0, 0.1) is 13.8 Å². The second-order valence-corrected chi connectivity index (χ2v) is 7.59. The SMILES string of the molecule is CCNC(=NCc1cccc(OCC(=O)N(C)C)c1)NCCc1cc(C)cc(C)c1.I. The molecular weight excluding hydrogens is 503 g/mol. The molecule has 0 aliphatic heterocycles. The van der Waals surface area contributed by atoms with Crippen LogP contribution in [0.15, 0.2) is 47.5 Å². The van der Waals surface area contributed by atoms with Crippen LogP contribution < -0.4 is 15.4 Å². The summed E-state index contributed by atoms with van der Waals surface area (Å²) >= 11 is 0. The van der Waals surface area contributed by atoms with Crippen molar-refractivity contribution < 1.29 is 9.53 Å². The lowest BCUT2D eigenvalue weighted by atomic mass is 10.1. The van der Waals surface area contributed by atoms with Gasteiger partial charge in [-0.2, -0.15) is 0 Å². The van der Waals surface area contributed by atoms with Crippen LogP contribution in [-0.4, -0.2) is 50.6 Å². The molecule has 0 radical (unpaired) electrons. The lowest BCUT2D eigenvalue weighted by Gasteiger charge is -2.13. The largest absolute Gasteiger partial charge is 0.484 e. The average Bonchev–Trinajstić information content (AvgIpc) is 2.69. The number of aryl methyl sites for hydroxylation is 2. The van der Waals surface area contributed by atoms with E-state index >= 15 is 0 Å². The van der Waals surface area contributed by atoms with Crippen LogP contribution in [0.25, 0.3) is 0 Å². The molecule has 0 spiro atoms. The quantitative estimate of drug-likeness (QED) is 0.291. The molecule has 0 fully saturated rings. The number of nitrogens with zero attached hydrogens (tertiary/aromatic N) is 2. The highest BCUT2D eigenvalue weighted by Gasteiger charge is 2.05. The molecule has 0 heterocycles. The number of hydrogen-bond acceptors (Lipinski definition) is 3. The van der Waals surface area contributed by atoms with Crippen molar-refractivity contribution in [2.45, 2.75) is 33.7 Å². The normalized spacial score (nSPS) is 10.8. The number of rotatable bonds is 9.